The molecule has 0 saturated carbocycles. The fraction of sp³-hybridized carbons (Fsp3) is 0. The van der Waals surface area contributed by atoms with E-state index in [1.54, 1.807) is 0 Å². The first-order valence-electron chi connectivity index (χ1n) is 1.39. The van der Waals surface area contributed by atoms with Crippen molar-refractivity contribution >= 4 is 28.0 Å². The van der Waals surface area contributed by atoms with E-state index < -0.39 is 11.8 Å². The predicted molar refractivity (Wildman–Crippen MR) is 26.3 cm³/mol. The molecule has 40 valence electrons. The summed E-state index contributed by atoms with van der Waals surface area (Å²) in [6, 6.07) is 0. The molecule has 0 aliphatic rings. The Morgan fingerprint density at radius 2 is 2.00 bits per heavy atom. The van der Waals surface area contributed by atoms with Crippen molar-refractivity contribution in [2.45, 2.75) is 0 Å². The van der Waals surface area contributed by atoms with E-state index in [4.69, 9.17) is 0 Å². The topological polar surface area (TPSA) is 72.2 Å². The van der Waals surface area contributed by atoms with Crippen LogP contribution >= 0.6 is 16.1 Å². The molecule has 0 aliphatic carbocycles. The van der Waals surface area contributed by atoms with Gasteiger partial charge in [-0.05, 0) is 0 Å². The lowest BCUT2D eigenvalue weighted by Crippen LogP contribution is -2.30. The summed E-state index contributed by atoms with van der Waals surface area (Å²) in [7, 11) is 0. The van der Waals surface area contributed by atoms with Crippen LogP contribution in [0.25, 0.3) is 0 Å². The normalized spacial score (nSPS) is 7.57. The molecule has 0 radical (unpaired) electrons. The maximum absolute atomic E-state index is 9.88. The number of hydrogen-bond acceptors (Lipinski definition) is 2. The van der Waals surface area contributed by atoms with E-state index in [-0.39, 0.29) is 0 Å². The van der Waals surface area contributed by atoms with Crippen molar-refractivity contribution in [3.8, 4) is 0 Å². The highest BCUT2D eigenvalue weighted by molar-refractivity contribution is 9.08. The highest BCUT2D eigenvalue weighted by Crippen LogP contribution is 1.66. The SMILES string of the molecule is NC(=O)C(=O)NBr. The van der Waals surface area contributed by atoms with E-state index in [9.17, 15) is 9.59 Å². The van der Waals surface area contributed by atoms with Gasteiger partial charge < -0.3 is 5.73 Å². The van der Waals surface area contributed by atoms with Crippen LogP contribution in [0.3, 0.4) is 0 Å². The van der Waals surface area contributed by atoms with Crippen LogP contribution in [0.5, 0.6) is 0 Å². The number of carbonyl (C=O) groups excluding carboxylic acids is 2. The van der Waals surface area contributed by atoms with Gasteiger partial charge in [-0.25, -0.2) is 0 Å². The van der Waals surface area contributed by atoms with Gasteiger partial charge in [-0.2, -0.15) is 0 Å². The van der Waals surface area contributed by atoms with Crippen LogP contribution in [0, 0.1) is 0 Å². The second kappa shape index (κ2) is 2.57. The molecule has 4 nitrogen and oxygen atoms in total. The third kappa shape index (κ3) is 2.16. The lowest BCUT2D eigenvalue weighted by Gasteiger charge is -1.84. The molecule has 0 aromatic heterocycles. The van der Waals surface area contributed by atoms with Gasteiger partial charge in [0.1, 0.15) is 0 Å². The number of nitrogens with one attached hydrogen (secondary N) is 1. The van der Waals surface area contributed by atoms with Crippen LogP contribution in [0.4, 0.5) is 0 Å². The first kappa shape index (κ1) is 6.42. The monoisotopic (exact) mass is 166 g/mol. The van der Waals surface area contributed by atoms with E-state index in [1.165, 1.54) is 0 Å². The maximum atomic E-state index is 9.88. The summed E-state index contributed by atoms with van der Waals surface area (Å²) in [6.07, 6.45) is 0. The molecule has 3 N–H and O–H groups in total. The molecule has 5 heteroatoms. The van der Waals surface area contributed by atoms with Crippen LogP contribution < -0.4 is 10.1 Å². The van der Waals surface area contributed by atoms with Crippen LogP contribution in [-0.4, -0.2) is 11.8 Å². The first-order valence-corrected chi connectivity index (χ1v) is 2.18. The Bertz CT molecular complexity index is 102. The Morgan fingerprint density at radius 3 is 2.00 bits per heavy atom. The molecule has 2 amide bonds. The number of primary amides is 1. The summed E-state index contributed by atoms with van der Waals surface area (Å²) in [6.45, 7) is 0. The van der Waals surface area contributed by atoms with Gasteiger partial charge in [0.25, 0.3) is 0 Å². The van der Waals surface area contributed by atoms with Gasteiger partial charge in [0, 0.05) is 16.1 Å². The predicted octanol–water partition coefficient (Wildman–Crippen LogP) is -1.10. The Labute approximate surface area is 48.4 Å². The molecular formula is C2H3BrN2O2. The zero-order valence-corrected chi connectivity index (χ0v) is 4.86. The molecule has 0 aromatic carbocycles. The molecule has 0 heterocycles. The van der Waals surface area contributed by atoms with E-state index >= 15 is 0 Å². The molecule has 0 spiro atoms. The fourth-order valence-electron chi connectivity index (χ4n) is 0.0466. The highest BCUT2D eigenvalue weighted by atomic mass is 79.9. The largest absolute Gasteiger partial charge is 0.361 e. The summed E-state index contributed by atoms with van der Waals surface area (Å²) in [5, 5.41) is 0. The minimum Gasteiger partial charge on any atom is -0.361 e. The molecule has 0 unspecified atom stereocenters. The lowest BCUT2D eigenvalue weighted by molar-refractivity contribution is -0.135. The van der Waals surface area contributed by atoms with E-state index in [1.807, 2.05) is 4.34 Å². The van der Waals surface area contributed by atoms with Crippen molar-refractivity contribution in [1.82, 2.24) is 4.34 Å². The molecular weight excluding hydrogens is 164 g/mol. The maximum Gasteiger partial charge on any atom is 0.318 e. The number of halogens is 1. The van der Waals surface area contributed by atoms with Gasteiger partial charge in [0.2, 0.25) is 0 Å². The molecule has 0 saturated heterocycles. The van der Waals surface area contributed by atoms with Gasteiger partial charge in [-0.3, -0.25) is 13.9 Å². The van der Waals surface area contributed by atoms with Crippen molar-refractivity contribution < 1.29 is 9.59 Å². The molecule has 0 rings (SSSR count). The van der Waals surface area contributed by atoms with Crippen LogP contribution in [-0.2, 0) is 9.59 Å². The molecule has 7 heavy (non-hydrogen) atoms. The summed E-state index contributed by atoms with van der Waals surface area (Å²) in [5.74, 6) is -1.85. The van der Waals surface area contributed by atoms with Gasteiger partial charge in [-0.1, -0.05) is 0 Å². The number of nitrogens with two attached hydrogens (primary N) is 1. The summed E-state index contributed by atoms with van der Waals surface area (Å²) in [5.41, 5.74) is 4.47. The quantitative estimate of drug-likeness (QED) is 0.355. The Hall–Kier alpha value is -0.580. The fourth-order valence-corrected chi connectivity index (χ4v) is 0.242. The summed E-state index contributed by atoms with van der Waals surface area (Å²) >= 11 is 2.51. The molecule has 0 aromatic rings. The van der Waals surface area contributed by atoms with Crippen molar-refractivity contribution in [3.63, 3.8) is 0 Å². The number of amides is 2. The van der Waals surface area contributed by atoms with Crippen molar-refractivity contribution in [2.75, 3.05) is 0 Å². The number of carbonyl (C=O) groups is 2. The average molecular weight is 167 g/mol. The van der Waals surface area contributed by atoms with Crippen LogP contribution in [0.1, 0.15) is 0 Å². The Kier molecular flexibility index (Phi) is 2.36. The third-order valence-corrected chi connectivity index (χ3v) is 0.670. The van der Waals surface area contributed by atoms with Crippen molar-refractivity contribution in [1.29, 1.82) is 0 Å². The molecule has 0 aliphatic heterocycles. The Balaban J connectivity index is 3.58. The number of hydrogen-bond donors (Lipinski definition) is 2. The second-order valence-electron chi connectivity index (χ2n) is 0.788. The third-order valence-electron chi connectivity index (χ3n) is 0.310. The minimum atomic E-state index is -1.00. The standard InChI is InChI=1S/C2H3BrN2O2/c3-5-2(7)1(4)6/h(H2,4,6)(H,5,7). The Morgan fingerprint density at radius 1 is 1.57 bits per heavy atom. The van der Waals surface area contributed by atoms with E-state index in [0.717, 1.165) is 0 Å². The highest BCUT2D eigenvalue weighted by Gasteiger charge is 2.02. The minimum absolute atomic E-state index is 0.847. The molecule has 0 bridgehead atoms. The van der Waals surface area contributed by atoms with Crippen LogP contribution in [0.2, 0.25) is 0 Å². The lowest BCUT2D eigenvalue weighted by atomic mass is 10.6. The van der Waals surface area contributed by atoms with Crippen LogP contribution in [0.15, 0.2) is 0 Å². The van der Waals surface area contributed by atoms with Gasteiger partial charge >= 0.3 is 11.8 Å². The summed E-state index contributed by atoms with van der Waals surface area (Å²) in [4.78, 5) is 19.6. The van der Waals surface area contributed by atoms with Gasteiger partial charge in [0.15, 0.2) is 0 Å². The van der Waals surface area contributed by atoms with Crippen molar-refractivity contribution in [3.05, 3.63) is 0 Å². The first-order chi connectivity index (χ1) is 3.18. The molecule has 0 atom stereocenters. The number of rotatable bonds is 0. The smallest absolute Gasteiger partial charge is 0.318 e. The zero-order chi connectivity index (χ0) is 5.86. The summed E-state index contributed by atoms with van der Waals surface area (Å²) < 4.78 is 1.86. The zero-order valence-electron chi connectivity index (χ0n) is 3.27. The van der Waals surface area contributed by atoms with E-state index in [2.05, 4.69) is 21.9 Å². The second-order valence-corrected chi connectivity index (χ2v) is 1.18. The van der Waals surface area contributed by atoms with Gasteiger partial charge in [-0.15, -0.1) is 0 Å². The molecule has 0 fully saturated rings. The van der Waals surface area contributed by atoms with E-state index in [0.29, 0.717) is 0 Å². The van der Waals surface area contributed by atoms with Crippen molar-refractivity contribution in [2.24, 2.45) is 5.73 Å². The van der Waals surface area contributed by atoms with Gasteiger partial charge in [0.05, 0.1) is 0 Å². The average Bonchev–Trinajstić information content (AvgIpc) is 1.65.